The Hall–Kier alpha value is -3.15. The maximum Gasteiger partial charge on any atom is 0.309 e. The zero-order chi connectivity index (χ0) is 24.0. The third-order valence-corrected chi connectivity index (χ3v) is 7.06. The van der Waals surface area contributed by atoms with Gasteiger partial charge < -0.3 is 24.8 Å². The first-order valence-corrected chi connectivity index (χ1v) is 11.7. The number of rotatable bonds is 8. The predicted molar refractivity (Wildman–Crippen MR) is 119 cm³/mol. The van der Waals surface area contributed by atoms with Crippen LogP contribution < -0.4 is 20.1 Å². The van der Waals surface area contributed by atoms with Crippen LogP contribution in [0.5, 0.6) is 11.5 Å². The number of ether oxygens (including phenoxy) is 3. The molecule has 0 radical (unpaired) electrons. The van der Waals surface area contributed by atoms with Crippen molar-refractivity contribution < 1.29 is 32.2 Å². The van der Waals surface area contributed by atoms with E-state index in [1.807, 2.05) is 0 Å². The van der Waals surface area contributed by atoms with Crippen molar-refractivity contribution >= 4 is 21.8 Å². The van der Waals surface area contributed by atoms with Crippen LogP contribution >= 0.6 is 0 Å². The van der Waals surface area contributed by atoms with E-state index in [0.717, 1.165) is 5.56 Å². The second-order valence-electron chi connectivity index (χ2n) is 7.31. The fourth-order valence-corrected chi connectivity index (χ4v) is 4.95. The first-order valence-electron chi connectivity index (χ1n) is 10.2. The molecule has 1 aliphatic heterocycles. The summed E-state index contributed by atoms with van der Waals surface area (Å²) >= 11 is 0. The molecule has 0 aromatic heterocycles. The van der Waals surface area contributed by atoms with Gasteiger partial charge in [0, 0.05) is 13.1 Å². The molecule has 0 saturated carbocycles. The molecule has 178 valence electrons. The molecule has 1 heterocycles. The topological polar surface area (TPSA) is 123 Å². The van der Waals surface area contributed by atoms with Gasteiger partial charge in [-0.2, -0.15) is 4.31 Å². The molecule has 2 N–H and O–H groups in total. The van der Waals surface area contributed by atoms with E-state index in [1.165, 1.54) is 23.5 Å². The molecule has 1 aliphatic rings. The summed E-state index contributed by atoms with van der Waals surface area (Å²) in [6.07, 6.45) is -0.921. The number of hydrogen-bond acceptors (Lipinski definition) is 7. The van der Waals surface area contributed by atoms with Crippen molar-refractivity contribution in [2.75, 3.05) is 33.9 Å². The van der Waals surface area contributed by atoms with Crippen LogP contribution in [0.3, 0.4) is 0 Å². The molecule has 11 heteroatoms. The monoisotopic (exact) mass is 477 g/mol. The second-order valence-corrected chi connectivity index (χ2v) is 9.20. The highest BCUT2D eigenvalue weighted by Crippen LogP contribution is 2.26. The quantitative estimate of drug-likeness (QED) is 0.539. The number of carbonyl (C=O) groups excluding carboxylic acids is 2. The second kappa shape index (κ2) is 10.6. The van der Waals surface area contributed by atoms with Gasteiger partial charge in [0.2, 0.25) is 10.0 Å². The molecular weight excluding hydrogens is 450 g/mol. The average Bonchev–Trinajstić information content (AvgIpc) is 3.30. The number of methoxy groups -OCH3 is 2. The molecule has 0 bridgehead atoms. The molecule has 2 aromatic carbocycles. The van der Waals surface area contributed by atoms with Gasteiger partial charge in [-0.15, -0.1) is 0 Å². The number of aryl methyl sites for hydroxylation is 1. The molecule has 0 aliphatic carbocycles. The Morgan fingerprint density at radius 1 is 1.06 bits per heavy atom. The van der Waals surface area contributed by atoms with Gasteiger partial charge in [0.05, 0.1) is 32.3 Å². The zero-order valence-corrected chi connectivity index (χ0v) is 19.5. The van der Waals surface area contributed by atoms with Crippen LogP contribution in [0.15, 0.2) is 47.4 Å². The Bertz CT molecular complexity index is 1100. The Balaban J connectivity index is 1.56. The summed E-state index contributed by atoms with van der Waals surface area (Å²) in [5, 5.41) is 4.96. The number of nitrogens with one attached hydrogen (secondary N) is 2. The fraction of sp³-hybridized carbons (Fsp3) is 0.364. The van der Waals surface area contributed by atoms with Crippen LogP contribution in [0.25, 0.3) is 0 Å². The summed E-state index contributed by atoms with van der Waals surface area (Å²) in [5.41, 5.74) is 1.47. The zero-order valence-electron chi connectivity index (χ0n) is 18.7. The highest BCUT2D eigenvalue weighted by atomic mass is 32.2. The average molecular weight is 478 g/mol. The molecule has 1 atom stereocenters. The van der Waals surface area contributed by atoms with Gasteiger partial charge in [-0.05, 0) is 48.4 Å². The lowest BCUT2D eigenvalue weighted by Gasteiger charge is -2.23. The Morgan fingerprint density at radius 3 is 2.39 bits per heavy atom. The van der Waals surface area contributed by atoms with Crippen molar-refractivity contribution in [3.8, 4) is 11.5 Å². The van der Waals surface area contributed by atoms with Crippen LogP contribution in [0.4, 0.5) is 0 Å². The molecular formula is C22H27N3O7S. The molecule has 0 unspecified atom stereocenters. The molecule has 0 spiro atoms. The molecule has 1 saturated heterocycles. The summed E-state index contributed by atoms with van der Waals surface area (Å²) < 4.78 is 43.1. The van der Waals surface area contributed by atoms with Gasteiger partial charge >= 0.3 is 11.8 Å². The molecule has 2 amide bonds. The van der Waals surface area contributed by atoms with Gasteiger partial charge in [-0.25, -0.2) is 8.42 Å². The number of amides is 2. The number of carbonyl (C=O) groups is 2. The molecule has 1 fully saturated rings. The predicted octanol–water partition coefficient (Wildman–Crippen LogP) is 0.792. The van der Waals surface area contributed by atoms with Crippen LogP contribution in [0.1, 0.15) is 11.1 Å². The van der Waals surface area contributed by atoms with Crippen LogP contribution in [-0.2, 0) is 30.9 Å². The third kappa shape index (κ3) is 5.81. The minimum absolute atomic E-state index is 0.0971. The first-order chi connectivity index (χ1) is 15.8. The highest BCUT2D eigenvalue weighted by molar-refractivity contribution is 7.89. The number of sulfonamides is 1. The molecule has 3 rings (SSSR count). The van der Waals surface area contributed by atoms with E-state index in [9.17, 15) is 18.0 Å². The van der Waals surface area contributed by atoms with Crippen molar-refractivity contribution in [2.45, 2.75) is 24.6 Å². The van der Waals surface area contributed by atoms with Crippen molar-refractivity contribution in [2.24, 2.45) is 0 Å². The normalized spacial score (nSPS) is 16.3. The molecule has 10 nitrogen and oxygen atoms in total. The fourth-order valence-electron chi connectivity index (χ4n) is 3.35. The number of hydrogen-bond donors (Lipinski definition) is 2. The standard InChI is InChI=1S/C22H27N3O7S/c1-15-12-18(8-9-19(15)31-3)33(28,29)25-10-11-32-20(25)14-24-22(27)21(26)23-13-16-4-6-17(30-2)7-5-16/h4-9,12,20H,10-11,13-14H2,1-3H3,(H,23,26)(H,24,27)/t20-/m0/s1. The van der Waals surface area contributed by atoms with E-state index in [0.29, 0.717) is 17.1 Å². The lowest BCUT2D eigenvalue weighted by atomic mass is 10.2. The number of nitrogens with zero attached hydrogens (tertiary/aromatic N) is 1. The smallest absolute Gasteiger partial charge is 0.309 e. The van der Waals surface area contributed by atoms with E-state index in [-0.39, 0.29) is 31.1 Å². The van der Waals surface area contributed by atoms with Gasteiger partial charge in [0.15, 0.2) is 0 Å². The van der Waals surface area contributed by atoms with E-state index in [1.54, 1.807) is 44.4 Å². The van der Waals surface area contributed by atoms with Crippen molar-refractivity contribution in [3.63, 3.8) is 0 Å². The SMILES string of the molecule is COc1ccc(CNC(=O)C(=O)NC[C@@H]2OCCN2S(=O)(=O)c2ccc(OC)c(C)c2)cc1. The van der Waals surface area contributed by atoms with Gasteiger partial charge in [-0.1, -0.05) is 12.1 Å². The lowest BCUT2D eigenvalue weighted by Crippen LogP contribution is -2.47. The van der Waals surface area contributed by atoms with Crippen molar-refractivity contribution in [1.82, 2.24) is 14.9 Å². The summed E-state index contributed by atoms with van der Waals surface area (Å²) in [6.45, 7) is 2.06. The van der Waals surface area contributed by atoms with Crippen LogP contribution in [0, 0.1) is 6.92 Å². The van der Waals surface area contributed by atoms with Gasteiger partial charge in [0.25, 0.3) is 0 Å². The summed E-state index contributed by atoms with van der Waals surface area (Å²) in [5.74, 6) is -0.444. The highest BCUT2D eigenvalue weighted by Gasteiger charge is 2.37. The van der Waals surface area contributed by atoms with E-state index >= 15 is 0 Å². The minimum Gasteiger partial charge on any atom is -0.497 e. The molecule has 2 aromatic rings. The van der Waals surface area contributed by atoms with E-state index < -0.39 is 28.1 Å². The Labute approximate surface area is 192 Å². The Kier molecular flexibility index (Phi) is 7.90. The van der Waals surface area contributed by atoms with E-state index in [4.69, 9.17) is 14.2 Å². The first kappa shape index (κ1) is 24.5. The minimum atomic E-state index is -3.86. The van der Waals surface area contributed by atoms with E-state index in [2.05, 4.69) is 10.6 Å². The maximum atomic E-state index is 13.1. The maximum absolute atomic E-state index is 13.1. The third-order valence-electron chi connectivity index (χ3n) is 5.17. The van der Waals surface area contributed by atoms with Crippen LogP contribution in [-0.4, -0.2) is 64.7 Å². The lowest BCUT2D eigenvalue weighted by molar-refractivity contribution is -0.139. The van der Waals surface area contributed by atoms with Crippen LogP contribution in [0.2, 0.25) is 0 Å². The van der Waals surface area contributed by atoms with Gasteiger partial charge in [0.1, 0.15) is 17.7 Å². The Morgan fingerprint density at radius 2 is 1.76 bits per heavy atom. The summed E-state index contributed by atoms with van der Waals surface area (Å²) in [6, 6.07) is 11.6. The van der Waals surface area contributed by atoms with Crippen molar-refractivity contribution in [1.29, 1.82) is 0 Å². The number of benzene rings is 2. The van der Waals surface area contributed by atoms with Gasteiger partial charge in [-0.3, -0.25) is 9.59 Å². The largest absolute Gasteiger partial charge is 0.497 e. The summed E-state index contributed by atoms with van der Waals surface area (Å²) in [7, 11) is -0.799. The van der Waals surface area contributed by atoms with Crippen molar-refractivity contribution in [3.05, 3.63) is 53.6 Å². The summed E-state index contributed by atoms with van der Waals surface area (Å²) in [4.78, 5) is 24.4. The molecule has 33 heavy (non-hydrogen) atoms.